The van der Waals surface area contributed by atoms with Gasteiger partial charge in [-0.25, -0.2) is 9.18 Å². The molecule has 162 valence electrons. The van der Waals surface area contributed by atoms with E-state index in [0.717, 1.165) is 16.8 Å². The quantitative estimate of drug-likeness (QED) is 0.710. The van der Waals surface area contributed by atoms with Crippen molar-refractivity contribution in [3.63, 3.8) is 0 Å². The third kappa shape index (κ3) is 4.35. The van der Waals surface area contributed by atoms with E-state index in [1.807, 2.05) is 0 Å². The normalized spacial score (nSPS) is 18.2. The van der Waals surface area contributed by atoms with E-state index in [-0.39, 0.29) is 35.3 Å². The number of carbonyl (C=O) groups excluding carboxylic acids is 2. The van der Waals surface area contributed by atoms with Gasteiger partial charge < -0.3 is 15.5 Å². The summed E-state index contributed by atoms with van der Waals surface area (Å²) in [5, 5.41) is 8.45. The highest BCUT2D eigenvalue weighted by atomic mass is 35.5. The van der Waals surface area contributed by atoms with Crippen molar-refractivity contribution in [2.24, 2.45) is 7.05 Å². The Morgan fingerprint density at radius 2 is 2.07 bits per heavy atom. The van der Waals surface area contributed by atoms with Gasteiger partial charge in [0.05, 0.1) is 16.8 Å². The third-order valence-corrected chi connectivity index (χ3v) is 5.10. The Labute approximate surface area is 174 Å². The number of piperazine rings is 1. The van der Waals surface area contributed by atoms with E-state index in [1.54, 1.807) is 0 Å². The van der Waals surface area contributed by atoms with Gasteiger partial charge in [-0.2, -0.15) is 18.3 Å². The van der Waals surface area contributed by atoms with Gasteiger partial charge >= 0.3 is 12.2 Å². The van der Waals surface area contributed by atoms with Gasteiger partial charge in [-0.15, -0.1) is 0 Å². The molecule has 12 heteroatoms. The zero-order chi connectivity index (χ0) is 22.2. The van der Waals surface area contributed by atoms with Crippen molar-refractivity contribution >= 4 is 23.5 Å². The smallest absolute Gasteiger partial charge is 0.353 e. The molecule has 2 aromatic rings. The van der Waals surface area contributed by atoms with Crippen LogP contribution in [0.25, 0.3) is 0 Å². The lowest BCUT2D eigenvalue weighted by Gasteiger charge is -2.34. The maximum atomic E-state index is 13.6. The van der Waals surface area contributed by atoms with Crippen LogP contribution >= 0.6 is 11.6 Å². The Bertz CT molecular complexity index is 978. The highest BCUT2D eigenvalue weighted by molar-refractivity contribution is 6.30. The highest BCUT2D eigenvalue weighted by Gasteiger charge is 2.37. The lowest BCUT2D eigenvalue weighted by molar-refractivity contribution is -0.141. The second-order valence-corrected chi connectivity index (χ2v) is 7.20. The molecule has 7 nitrogen and oxygen atoms in total. The van der Waals surface area contributed by atoms with Crippen LogP contribution in [0.5, 0.6) is 0 Å². The average Bonchev–Trinajstić information content (AvgIpc) is 3.06. The first-order valence-corrected chi connectivity index (χ1v) is 9.27. The Hall–Kier alpha value is -2.82. The van der Waals surface area contributed by atoms with Crippen LogP contribution in [0.3, 0.4) is 0 Å². The van der Waals surface area contributed by atoms with E-state index in [0.29, 0.717) is 0 Å². The minimum atomic E-state index is -4.69. The second-order valence-electron chi connectivity index (χ2n) is 6.79. The summed E-state index contributed by atoms with van der Waals surface area (Å²) in [6.07, 6.45) is -4.69. The Balaban J connectivity index is 2.00. The summed E-state index contributed by atoms with van der Waals surface area (Å²) < 4.78 is 54.0. The number of nitrogens with one attached hydrogen (secondary N) is 2. The van der Waals surface area contributed by atoms with Gasteiger partial charge in [0.15, 0.2) is 5.69 Å². The molecule has 3 rings (SSSR count). The van der Waals surface area contributed by atoms with Crippen molar-refractivity contribution in [2.45, 2.75) is 25.2 Å². The number of carbonyl (C=O) groups is 2. The standard InChI is InChI=1S/C18H18ClF4N5O2/c1-9-16(29)24-5-6-28(9)17(30)25-15(10-3-4-12(20)11(19)7-10)13-8-14(18(21,22)23)26-27(13)2/h3-4,7-9,15H,5-6H2,1-2H3,(H,24,29)(H,25,30)/t9-,15-/m1/s1. The summed E-state index contributed by atoms with van der Waals surface area (Å²) in [6.45, 7) is 1.99. The number of urea groups is 1. The summed E-state index contributed by atoms with van der Waals surface area (Å²) in [5.74, 6) is -1.06. The van der Waals surface area contributed by atoms with Gasteiger partial charge in [0, 0.05) is 20.1 Å². The Kier molecular flexibility index (Phi) is 5.93. The summed E-state index contributed by atoms with van der Waals surface area (Å²) in [7, 11) is 1.30. The average molecular weight is 448 g/mol. The fourth-order valence-electron chi connectivity index (χ4n) is 3.18. The first-order chi connectivity index (χ1) is 14.0. The molecule has 0 unspecified atom stereocenters. The van der Waals surface area contributed by atoms with E-state index in [9.17, 15) is 27.2 Å². The number of amides is 3. The number of benzene rings is 1. The monoisotopic (exact) mass is 447 g/mol. The fourth-order valence-corrected chi connectivity index (χ4v) is 3.37. The van der Waals surface area contributed by atoms with Crippen LogP contribution < -0.4 is 10.6 Å². The zero-order valence-electron chi connectivity index (χ0n) is 15.9. The van der Waals surface area contributed by atoms with E-state index >= 15 is 0 Å². The molecule has 2 atom stereocenters. The SMILES string of the molecule is C[C@@H]1C(=O)NCCN1C(=O)N[C@H](c1ccc(F)c(Cl)c1)c1cc(C(F)(F)F)nn1C. The van der Waals surface area contributed by atoms with Gasteiger partial charge in [-0.05, 0) is 30.7 Å². The van der Waals surface area contributed by atoms with Crippen LogP contribution in [0.1, 0.15) is 29.9 Å². The van der Waals surface area contributed by atoms with Crippen molar-refractivity contribution in [2.75, 3.05) is 13.1 Å². The molecule has 0 spiro atoms. The molecule has 1 saturated heterocycles. The van der Waals surface area contributed by atoms with Crippen LogP contribution in [-0.4, -0.2) is 45.8 Å². The van der Waals surface area contributed by atoms with E-state index in [4.69, 9.17) is 11.6 Å². The summed E-state index contributed by atoms with van der Waals surface area (Å²) in [4.78, 5) is 26.0. The topological polar surface area (TPSA) is 79.3 Å². The van der Waals surface area contributed by atoms with Crippen LogP contribution in [0, 0.1) is 5.82 Å². The van der Waals surface area contributed by atoms with E-state index in [2.05, 4.69) is 15.7 Å². The Morgan fingerprint density at radius 3 is 2.67 bits per heavy atom. The summed E-state index contributed by atoms with van der Waals surface area (Å²) in [5.41, 5.74) is -0.883. The van der Waals surface area contributed by atoms with E-state index < -0.39 is 35.8 Å². The predicted octanol–water partition coefficient (Wildman–Crippen LogP) is 2.85. The molecule has 0 radical (unpaired) electrons. The van der Waals surface area contributed by atoms with Crippen molar-refractivity contribution in [1.82, 2.24) is 25.3 Å². The molecule has 1 fully saturated rings. The highest BCUT2D eigenvalue weighted by Crippen LogP contribution is 2.32. The molecule has 1 aliphatic heterocycles. The lowest BCUT2D eigenvalue weighted by atomic mass is 10.0. The lowest BCUT2D eigenvalue weighted by Crippen LogP contribution is -2.58. The number of aromatic nitrogens is 2. The number of aryl methyl sites for hydroxylation is 1. The minimum Gasteiger partial charge on any atom is -0.353 e. The van der Waals surface area contributed by atoms with Crippen molar-refractivity contribution in [3.05, 3.63) is 52.1 Å². The number of alkyl halides is 3. The van der Waals surface area contributed by atoms with Crippen molar-refractivity contribution in [3.8, 4) is 0 Å². The molecular formula is C18H18ClF4N5O2. The van der Waals surface area contributed by atoms with Gasteiger partial charge in [0.2, 0.25) is 5.91 Å². The molecular weight excluding hydrogens is 430 g/mol. The van der Waals surface area contributed by atoms with Gasteiger partial charge in [0.25, 0.3) is 0 Å². The molecule has 3 amide bonds. The van der Waals surface area contributed by atoms with Crippen LogP contribution in [0.15, 0.2) is 24.3 Å². The van der Waals surface area contributed by atoms with Crippen molar-refractivity contribution < 1.29 is 27.2 Å². The summed E-state index contributed by atoms with van der Waals surface area (Å²) >= 11 is 5.84. The maximum Gasteiger partial charge on any atom is 0.435 e. The molecule has 2 heterocycles. The van der Waals surface area contributed by atoms with Gasteiger partial charge in [0.1, 0.15) is 11.9 Å². The minimum absolute atomic E-state index is 0.00691. The molecule has 1 aromatic heterocycles. The third-order valence-electron chi connectivity index (χ3n) is 4.81. The number of rotatable bonds is 3. The van der Waals surface area contributed by atoms with Gasteiger partial charge in [-0.1, -0.05) is 17.7 Å². The number of hydrogen-bond acceptors (Lipinski definition) is 3. The molecule has 1 aromatic carbocycles. The number of hydrogen-bond donors (Lipinski definition) is 2. The number of nitrogens with zero attached hydrogens (tertiary/aromatic N) is 3. The first-order valence-electron chi connectivity index (χ1n) is 8.90. The first kappa shape index (κ1) is 21.9. The van der Waals surface area contributed by atoms with E-state index in [1.165, 1.54) is 31.0 Å². The Morgan fingerprint density at radius 1 is 1.37 bits per heavy atom. The van der Waals surface area contributed by atoms with Crippen LogP contribution in [0.2, 0.25) is 5.02 Å². The molecule has 30 heavy (non-hydrogen) atoms. The summed E-state index contributed by atoms with van der Waals surface area (Å²) in [6, 6.07) is 1.81. The zero-order valence-corrected chi connectivity index (χ0v) is 16.7. The molecule has 0 bridgehead atoms. The molecule has 2 N–H and O–H groups in total. The van der Waals surface area contributed by atoms with Gasteiger partial charge in [-0.3, -0.25) is 9.48 Å². The number of halogens is 5. The van der Waals surface area contributed by atoms with Crippen LogP contribution in [0.4, 0.5) is 22.4 Å². The molecule has 0 aliphatic carbocycles. The molecule has 1 aliphatic rings. The van der Waals surface area contributed by atoms with Crippen molar-refractivity contribution in [1.29, 1.82) is 0 Å². The fraction of sp³-hybridized carbons (Fsp3) is 0.389. The largest absolute Gasteiger partial charge is 0.435 e. The predicted molar refractivity (Wildman–Crippen MR) is 99.2 cm³/mol. The maximum absolute atomic E-state index is 13.6. The second kappa shape index (κ2) is 8.13. The molecule has 0 saturated carbocycles. The van der Waals surface area contributed by atoms with Crippen LogP contribution in [-0.2, 0) is 18.0 Å².